The molecule has 1 aliphatic rings. The Morgan fingerprint density at radius 2 is 2.26 bits per heavy atom. The van der Waals surface area contributed by atoms with Crippen molar-refractivity contribution in [1.82, 2.24) is 4.90 Å². The number of nitrogens with zero attached hydrogens (tertiary/aromatic N) is 1. The van der Waals surface area contributed by atoms with Crippen LogP contribution >= 0.6 is 11.6 Å². The van der Waals surface area contributed by atoms with Gasteiger partial charge in [0.25, 0.3) is 0 Å². The first kappa shape index (κ1) is 17.8. The molecule has 0 bridgehead atoms. The van der Waals surface area contributed by atoms with Crippen molar-refractivity contribution in [1.29, 1.82) is 0 Å². The van der Waals surface area contributed by atoms with E-state index in [2.05, 4.69) is 5.32 Å². The second-order valence-corrected chi connectivity index (χ2v) is 5.76. The van der Waals surface area contributed by atoms with Crippen molar-refractivity contribution >= 4 is 23.3 Å². The molecule has 2 rings (SSSR count). The van der Waals surface area contributed by atoms with E-state index < -0.39 is 6.10 Å². The van der Waals surface area contributed by atoms with E-state index in [1.165, 1.54) is 0 Å². The number of anilines is 1. The number of nitrogens with one attached hydrogen (secondary N) is 1. The molecule has 1 aliphatic heterocycles. The number of halogens is 1. The third-order valence-electron chi connectivity index (χ3n) is 3.68. The number of aliphatic hydroxyl groups is 1. The van der Waals surface area contributed by atoms with Crippen molar-refractivity contribution in [2.24, 2.45) is 0 Å². The average molecular weight is 343 g/mol. The summed E-state index contributed by atoms with van der Waals surface area (Å²) in [5.41, 5.74) is 0.516. The van der Waals surface area contributed by atoms with Gasteiger partial charge in [-0.1, -0.05) is 24.6 Å². The van der Waals surface area contributed by atoms with Crippen LogP contribution in [0.4, 0.5) is 10.5 Å². The fraction of sp³-hybridized carbons (Fsp3) is 0.562. The maximum atomic E-state index is 12.6. The number of amides is 2. The molecule has 0 aromatic heterocycles. The van der Waals surface area contributed by atoms with Crippen molar-refractivity contribution < 1.29 is 19.4 Å². The van der Waals surface area contributed by atoms with Crippen LogP contribution < -0.4 is 10.1 Å². The highest BCUT2D eigenvalue weighted by atomic mass is 35.5. The van der Waals surface area contributed by atoms with E-state index in [4.69, 9.17) is 21.1 Å². The van der Waals surface area contributed by atoms with E-state index in [9.17, 15) is 9.90 Å². The van der Waals surface area contributed by atoms with Crippen molar-refractivity contribution in [3.63, 3.8) is 0 Å². The van der Waals surface area contributed by atoms with Gasteiger partial charge < -0.3 is 24.8 Å². The summed E-state index contributed by atoms with van der Waals surface area (Å²) in [5.74, 6) is 0.462. The minimum Gasteiger partial charge on any atom is -0.490 e. The maximum Gasteiger partial charge on any atom is 0.322 e. The largest absolute Gasteiger partial charge is 0.490 e. The highest BCUT2D eigenvalue weighted by molar-refractivity contribution is 6.32. The van der Waals surface area contributed by atoms with Gasteiger partial charge in [-0.05, 0) is 25.5 Å². The Morgan fingerprint density at radius 3 is 2.87 bits per heavy atom. The molecular weight excluding hydrogens is 320 g/mol. The van der Waals surface area contributed by atoms with Crippen LogP contribution in [0.2, 0.25) is 5.02 Å². The van der Waals surface area contributed by atoms with Gasteiger partial charge in [0.05, 0.1) is 42.7 Å². The molecule has 1 aromatic carbocycles. The highest BCUT2D eigenvalue weighted by Gasteiger charge is 2.34. The molecule has 2 unspecified atom stereocenters. The van der Waals surface area contributed by atoms with Crippen LogP contribution in [0.15, 0.2) is 18.2 Å². The van der Waals surface area contributed by atoms with Crippen LogP contribution in [0.1, 0.15) is 20.3 Å². The molecule has 1 saturated heterocycles. The first-order chi connectivity index (χ1) is 11.1. The molecule has 1 heterocycles. The van der Waals surface area contributed by atoms with Crippen LogP contribution in [0.25, 0.3) is 0 Å². The Hall–Kier alpha value is -1.50. The van der Waals surface area contributed by atoms with Gasteiger partial charge in [-0.15, -0.1) is 0 Å². The summed E-state index contributed by atoms with van der Waals surface area (Å²) in [6.07, 6.45) is 0.168. The van der Waals surface area contributed by atoms with Gasteiger partial charge in [0, 0.05) is 6.54 Å². The lowest BCUT2D eigenvalue weighted by Gasteiger charge is -2.29. The number of benzene rings is 1. The van der Waals surface area contributed by atoms with E-state index in [-0.39, 0.29) is 18.7 Å². The first-order valence-electron chi connectivity index (χ1n) is 7.83. The van der Waals surface area contributed by atoms with Gasteiger partial charge in [0.15, 0.2) is 5.75 Å². The molecule has 6 nitrogen and oxygen atoms in total. The second-order valence-electron chi connectivity index (χ2n) is 5.35. The van der Waals surface area contributed by atoms with Gasteiger partial charge in [-0.3, -0.25) is 0 Å². The van der Waals surface area contributed by atoms with Crippen molar-refractivity contribution in [2.75, 3.05) is 31.7 Å². The number of hydrogen-bond donors (Lipinski definition) is 2. The zero-order valence-electron chi connectivity index (χ0n) is 13.4. The third kappa shape index (κ3) is 4.28. The Kier molecular flexibility index (Phi) is 6.50. The summed E-state index contributed by atoms with van der Waals surface area (Å²) < 4.78 is 10.9. The molecule has 2 atom stereocenters. The lowest BCUT2D eigenvalue weighted by Crippen LogP contribution is -2.48. The smallest absolute Gasteiger partial charge is 0.322 e. The van der Waals surface area contributed by atoms with E-state index in [0.29, 0.717) is 36.2 Å². The fourth-order valence-corrected chi connectivity index (χ4v) is 2.73. The summed E-state index contributed by atoms with van der Waals surface area (Å²) in [6.45, 7) is 5.40. The predicted molar refractivity (Wildman–Crippen MR) is 89.3 cm³/mol. The molecule has 0 spiro atoms. The topological polar surface area (TPSA) is 71.0 Å². The van der Waals surface area contributed by atoms with Gasteiger partial charge in [0.2, 0.25) is 0 Å². The standard InChI is InChI=1S/C16H23ClN2O4/c1-3-8-23-15-11(17)6-5-7-12(15)18-16(21)19(4-2)13-9-22-10-14(13)20/h5-7,13-14,20H,3-4,8-10H2,1-2H3,(H,18,21). The van der Waals surface area contributed by atoms with E-state index >= 15 is 0 Å². The second kappa shape index (κ2) is 8.38. The molecular formula is C16H23ClN2O4. The van der Waals surface area contributed by atoms with Gasteiger partial charge >= 0.3 is 6.03 Å². The summed E-state index contributed by atoms with van der Waals surface area (Å²) in [5, 5.41) is 13.2. The molecule has 1 aromatic rings. The number of para-hydroxylation sites is 1. The molecule has 23 heavy (non-hydrogen) atoms. The average Bonchev–Trinajstić information content (AvgIpc) is 2.94. The van der Waals surface area contributed by atoms with Crippen molar-refractivity contribution in [3.05, 3.63) is 23.2 Å². The monoisotopic (exact) mass is 342 g/mol. The zero-order valence-corrected chi connectivity index (χ0v) is 14.2. The Morgan fingerprint density at radius 1 is 1.48 bits per heavy atom. The lowest BCUT2D eigenvalue weighted by atomic mass is 10.2. The Balaban J connectivity index is 2.13. The van der Waals surface area contributed by atoms with E-state index in [0.717, 1.165) is 6.42 Å². The first-order valence-corrected chi connectivity index (χ1v) is 8.21. The normalized spacial score (nSPS) is 20.3. The molecule has 1 fully saturated rings. The van der Waals surface area contributed by atoms with E-state index in [1.807, 2.05) is 13.8 Å². The Labute approximate surface area is 141 Å². The summed E-state index contributed by atoms with van der Waals surface area (Å²) >= 11 is 6.16. The minimum absolute atomic E-state index is 0.247. The molecule has 7 heteroatoms. The third-order valence-corrected chi connectivity index (χ3v) is 3.98. The molecule has 128 valence electrons. The molecule has 0 radical (unpaired) electrons. The van der Waals surface area contributed by atoms with Crippen LogP contribution in [-0.2, 0) is 4.74 Å². The quantitative estimate of drug-likeness (QED) is 0.834. The molecule has 2 N–H and O–H groups in total. The number of rotatable bonds is 6. The molecule has 0 aliphatic carbocycles. The number of aliphatic hydroxyl groups excluding tert-OH is 1. The maximum absolute atomic E-state index is 12.6. The molecule has 0 saturated carbocycles. The number of urea groups is 1. The van der Waals surface area contributed by atoms with Crippen LogP contribution in [-0.4, -0.2) is 54.5 Å². The number of hydrogen-bond acceptors (Lipinski definition) is 4. The highest BCUT2D eigenvalue weighted by Crippen LogP contribution is 2.33. The SMILES string of the molecule is CCCOc1c(Cl)cccc1NC(=O)N(CC)C1COCC1O. The van der Waals surface area contributed by atoms with Crippen LogP contribution in [0.3, 0.4) is 0 Å². The Bertz CT molecular complexity index is 541. The van der Waals surface area contributed by atoms with Gasteiger partial charge in [0.1, 0.15) is 0 Å². The van der Waals surface area contributed by atoms with E-state index in [1.54, 1.807) is 23.1 Å². The zero-order chi connectivity index (χ0) is 16.8. The summed E-state index contributed by atoms with van der Waals surface area (Å²) in [7, 11) is 0. The number of likely N-dealkylation sites (N-methyl/N-ethyl adjacent to an activating group) is 1. The van der Waals surface area contributed by atoms with Gasteiger partial charge in [-0.2, -0.15) is 0 Å². The number of carbonyl (C=O) groups is 1. The van der Waals surface area contributed by atoms with Crippen LogP contribution in [0, 0.1) is 0 Å². The van der Waals surface area contributed by atoms with Crippen LogP contribution in [0.5, 0.6) is 5.75 Å². The van der Waals surface area contributed by atoms with Crippen molar-refractivity contribution in [2.45, 2.75) is 32.4 Å². The number of ether oxygens (including phenoxy) is 2. The molecule has 2 amide bonds. The predicted octanol–water partition coefficient (Wildman–Crippen LogP) is 2.74. The summed E-state index contributed by atoms with van der Waals surface area (Å²) in [4.78, 5) is 14.1. The van der Waals surface area contributed by atoms with Gasteiger partial charge in [-0.25, -0.2) is 4.79 Å². The van der Waals surface area contributed by atoms with Crippen molar-refractivity contribution in [3.8, 4) is 5.75 Å². The fourth-order valence-electron chi connectivity index (χ4n) is 2.50. The minimum atomic E-state index is -0.670. The lowest BCUT2D eigenvalue weighted by molar-refractivity contribution is 0.1000. The summed E-state index contributed by atoms with van der Waals surface area (Å²) in [6, 6.07) is 4.55. The number of carbonyl (C=O) groups excluding carboxylic acids is 1.